The van der Waals surface area contributed by atoms with Crippen molar-refractivity contribution < 1.29 is 39.3 Å². The highest BCUT2D eigenvalue weighted by molar-refractivity contribution is 5.95. The standard InChI is InChI=1S/C19H24N2O8/c1-10(22)15(6-11-2-4-13(23)5-3-11)21-19(29)12(8-17(25)26)7-16(24)14(20)9-18(27)28/h2-5,12,14-15,23H,6-9,20H2,1H3,(H,21,29)(H,25,26)(H,27,28)/t12-,14?,15-/m1/s1. The van der Waals surface area contributed by atoms with Crippen molar-refractivity contribution in [3.8, 4) is 5.75 Å². The second kappa shape index (κ2) is 10.9. The third-order valence-corrected chi connectivity index (χ3v) is 4.23. The Hall–Kier alpha value is -3.27. The molecule has 0 bridgehead atoms. The van der Waals surface area contributed by atoms with E-state index in [1.165, 1.54) is 19.1 Å². The maximum Gasteiger partial charge on any atom is 0.305 e. The molecule has 1 aromatic rings. The van der Waals surface area contributed by atoms with Crippen molar-refractivity contribution in [2.75, 3.05) is 0 Å². The van der Waals surface area contributed by atoms with Crippen LogP contribution in [0.3, 0.4) is 0 Å². The SMILES string of the molecule is CC(=O)[C@@H](Cc1ccc(O)cc1)NC(=O)[C@@H](CC(=O)O)CC(=O)C(N)CC(=O)O. The molecule has 0 aliphatic carbocycles. The minimum Gasteiger partial charge on any atom is -0.508 e. The Kier molecular flexibility index (Phi) is 8.94. The molecule has 0 spiro atoms. The molecule has 0 saturated carbocycles. The predicted molar refractivity (Wildman–Crippen MR) is 100 cm³/mol. The van der Waals surface area contributed by atoms with Crippen LogP contribution in [0.1, 0.15) is 31.7 Å². The zero-order valence-corrected chi connectivity index (χ0v) is 15.8. The first-order valence-corrected chi connectivity index (χ1v) is 8.80. The summed E-state index contributed by atoms with van der Waals surface area (Å²) in [6.45, 7) is 1.26. The Bertz CT molecular complexity index is 775. The summed E-state index contributed by atoms with van der Waals surface area (Å²) in [6, 6.07) is 3.65. The van der Waals surface area contributed by atoms with E-state index in [4.69, 9.17) is 15.9 Å². The highest BCUT2D eigenvalue weighted by atomic mass is 16.4. The second-order valence-corrected chi connectivity index (χ2v) is 6.71. The first-order chi connectivity index (χ1) is 13.5. The van der Waals surface area contributed by atoms with Crippen LogP contribution in [0.25, 0.3) is 0 Å². The smallest absolute Gasteiger partial charge is 0.305 e. The van der Waals surface area contributed by atoms with Gasteiger partial charge in [-0.3, -0.25) is 24.0 Å². The van der Waals surface area contributed by atoms with E-state index in [0.29, 0.717) is 5.56 Å². The number of phenols is 1. The van der Waals surface area contributed by atoms with Crippen LogP contribution in [0, 0.1) is 5.92 Å². The Balaban J connectivity index is 2.88. The van der Waals surface area contributed by atoms with E-state index in [1.54, 1.807) is 12.1 Å². The fourth-order valence-electron chi connectivity index (χ4n) is 2.62. The number of carbonyl (C=O) groups excluding carboxylic acids is 3. The molecule has 0 aliphatic heterocycles. The van der Waals surface area contributed by atoms with Crippen LogP contribution in [0.5, 0.6) is 5.75 Å². The summed E-state index contributed by atoms with van der Waals surface area (Å²) < 4.78 is 0. The number of Topliss-reactive ketones (excluding diaryl/α,β-unsaturated/α-hetero) is 2. The lowest BCUT2D eigenvalue weighted by atomic mass is 9.93. The highest BCUT2D eigenvalue weighted by Crippen LogP contribution is 2.15. The molecule has 0 fully saturated rings. The van der Waals surface area contributed by atoms with E-state index in [2.05, 4.69) is 5.32 Å². The lowest BCUT2D eigenvalue weighted by molar-refractivity contribution is -0.143. The predicted octanol–water partition coefficient (Wildman–Crippen LogP) is -0.139. The van der Waals surface area contributed by atoms with E-state index in [1.807, 2.05) is 0 Å². The molecule has 158 valence electrons. The molecule has 1 rings (SSSR count). The molecule has 0 saturated heterocycles. The molecule has 29 heavy (non-hydrogen) atoms. The number of carboxylic acids is 2. The molecule has 10 heteroatoms. The number of carbonyl (C=O) groups is 5. The van der Waals surface area contributed by atoms with Crippen molar-refractivity contribution >= 4 is 29.4 Å². The van der Waals surface area contributed by atoms with Gasteiger partial charge in [0.05, 0.1) is 30.8 Å². The average Bonchev–Trinajstić information content (AvgIpc) is 2.61. The number of rotatable bonds is 12. The van der Waals surface area contributed by atoms with Gasteiger partial charge >= 0.3 is 11.9 Å². The number of nitrogens with one attached hydrogen (secondary N) is 1. The van der Waals surface area contributed by atoms with E-state index >= 15 is 0 Å². The molecule has 0 radical (unpaired) electrons. The number of nitrogens with two attached hydrogens (primary N) is 1. The van der Waals surface area contributed by atoms with Crippen LogP contribution in [-0.2, 0) is 30.4 Å². The number of hydrogen-bond acceptors (Lipinski definition) is 7. The van der Waals surface area contributed by atoms with Gasteiger partial charge in [0.2, 0.25) is 5.91 Å². The van der Waals surface area contributed by atoms with Crippen LogP contribution < -0.4 is 11.1 Å². The molecule has 1 unspecified atom stereocenters. The minimum absolute atomic E-state index is 0.0369. The zero-order valence-electron chi connectivity index (χ0n) is 15.8. The van der Waals surface area contributed by atoms with Crippen LogP contribution >= 0.6 is 0 Å². The fraction of sp³-hybridized carbons (Fsp3) is 0.421. The summed E-state index contributed by atoms with van der Waals surface area (Å²) in [6.07, 6.45) is -1.78. The fourth-order valence-corrected chi connectivity index (χ4v) is 2.62. The number of hydrogen-bond donors (Lipinski definition) is 5. The number of carboxylic acid groups (broad SMARTS) is 2. The Morgan fingerprint density at radius 1 is 0.966 bits per heavy atom. The molecule has 6 N–H and O–H groups in total. The van der Waals surface area contributed by atoms with Crippen LogP contribution in [0.15, 0.2) is 24.3 Å². The quantitative estimate of drug-likeness (QED) is 0.314. The van der Waals surface area contributed by atoms with Gasteiger partial charge < -0.3 is 26.4 Å². The van der Waals surface area contributed by atoms with Gasteiger partial charge in [0, 0.05) is 6.42 Å². The van der Waals surface area contributed by atoms with Gasteiger partial charge in [-0.25, -0.2) is 0 Å². The lowest BCUT2D eigenvalue weighted by Gasteiger charge is -2.21. The van der Waals surface area contributed by atoms with Gasteiger partial charge in [0.1, 0.15) is 5.75 Å². The third kappa shape index (κ3) is 8.52. The number of ketones is 2. The topological polar surface area (TPSA) is 184 Å². The van der Waals surface area contributed by atoms with Gasteiger partial charge in [-0.15, -0.1) is 0 Å². The Morgan fingerprint density at radius 2 is 1.52 bits per heavy atom. The Morgan fingerprint density at radius 3 is 2.00 bits per heavy atom. The molecular formula is C19H24N2O8. The summed E-state index contributed by atoms with van der Waals surface area (Å²) in [4.78, 5) is 58.3. The average molecular weight is 408 g/mol. The first-order valence-electron chi connectivity index (χ1n) is 8.80. The summed E-state index contributed by atoms with van der Waals surface area (Å²) in [5.41, 5.74) is 6.13. The van der Waals surface area contributed by atoms with Gasteiger partial charge in [-0.1, -0.05) is 12.1 Å². The van der Waals surface area contributed by atoms with Gasteiger partial charge in [0.25, 0.3) is 0 Å². The number of benzene rings is 1. The zero-order chi connectivity index (χ0) is 22.1. The molecule has 10 nitrogen and oxygen atoms in total. The van der Waals surface area contributed by atoms with Crippen molar-refractivity contribution in [1.82, 2.24) is 5.32 Å². The second-order valence-electron chi connectivity index (χ2n) is 6.71. The van der Waals surface area contributed by atoms with Crippen molar-refractivity contribution in [3.05, 3.63) is 29.8 Å². The van der Waals surface area contributed by atoms with Crippen molar-refractivity contribution in [3.63, 3.8) is 0 Å². The summed E-state index contributed by atoms with van der Waals surface area (Å²) in [5, 5.41) is 29.5. The molecule has 3 atom stereocenters. The van der Waals surface area contributed by atoms with Crippen molar-refractivity contribution in [1.29, 1.82) is 0 Å². The van der Waals surface area contributed by atoms with Gasteiger partial charge in [0.15, 0.2) is 11.6 Å². The summed E-state index contributed by atoms with van der Waals surface area (Å²) in [7, 11) is 0. The molecule has 1 aromatic carbocycles. The molecule has 0 heterocycles. The van der Waals surface area contributed by atoms with Crippen LogP contribution in [-0.4, -0.2) is 56.8 Å². The number of aliphatic carboxylic acids is 2. The summed E-state index contributed by atoms with van der Waals surface area (Å²) in [5.74, 6) is -5.85. The molecule has 0 aromatic heterocycles. The monoisotopic (exact) mass is 408 g/mol. The minimum atomic E-state index is -1.36. The van der Waals surface area contributed by atoms with Crippen LogP contribution in [0.4, 0.5) is 0 Å². The maximum absolute atomic E-state index is 12.5. The first kappa shape index (κ1) is 23.8. The van der Waals surface area contributed by atoms with E-state index in [9.17, 15) is 29.1 Å². The maximum atomic E-state index is 12.5. The Labute approximate surface area is 166 Å². The van der Waals surface area contributed by atoms with Crippen LogP contribution in [0.2, 0.25) is 0 Å². The molecule has 0 aliphatic rings. The van der Waals surface area contributed by atoms with Crippen molar-refractivity contribution in [2.24, 2.45) is 11.7 Å². The van der Waals surface area contributed by atoms with E-state index in [-0.39, 0.29) is 18.0 Å². The highest BCUT2D eigenvalue weighted by Gasteiger charge is 2.30. The van der Waals surface area contributed by atoms with E-state index < -0.39 is 60.9 Å². The molecule has 1 amide bonds. The van der Waals surface area contributed by atoms with Crippen molar-refractivity contribution in [2.45, 2.75) is 44.7 Å². The lowest BCUT2D eigenvalue weighted by Crippen LogP contribution is -2.46. The largest absolute Gasteiger partial charge is 0.508 e. The number of amides is 1. The van der Waals surface area contributed by atoms with Gasteiger partial charge in [-0.05, 0) is 31.0 Å². The normalized spacial score (nSPS) is 13.7. The number of phenolic OH excluding ortho intramolecular Hbond substituents is 1. The summed E-state index contributed by atoms with van der Waals surface area (Å²) >= 11 is 0. The van der Waals surface area contributed by atoms with E-state index in [0.717, 1.165) is 0 Å². The number of aromatic hydroxyl groups is 1. The molecular weight excluding hydrogens is 384 g/mol. The van der Waals surface area contributed by atoms with Gasteiger partial charge in [-0.2, -0.15) is 0 Å². The third-order valence-electron chi connectivity index (χ3n) is 4.23.